The highest BCUT2D eigenvalue weighted by atomic mass is 16.5. The Kier molecular flexibility index (Phi) is 6.68. The second kappa shape index (κ2) is 9.84. The van der Waals surface area contributed by atoms with E-state index in [1.54, 1.807) is 30.0 Å². The fraction of sp³-hybridized carbons (Fsp3) is 0.231. The number of nitrogens with two attached hydrogens (primary N) is 2. The molecule has 0 aliphatic carbocycles. The molecule has 0 radical (unpaired) electrons. The van der Waals surface area contributed by atoms with E-state index in [2.05, 4.69) is 10.3 Å². The lowest BCUT2D eigenvalue weighted by atomic mass is 10.0. The second-order valence-corrected chi connectivity index (χ2v) is 8.48. The van der Waals surface area contributed by atoms with Crippen LogP contribution in [0.5, 0.6) is 5.75 Å². The highest BCUT2D eigenvalue weighted by Gasteiger charge is 2.22. The summed E-state index contributed by atoms with van der Waals surface area (Å²) in [6.45, 7) is 3.83. The molecule has 9 heteroatoms. The number of nitrogen functional groups attached to an aromatic ring is 1. The van der Waals surface area contributed by atoms with Crippen molar-refractivity contribution in [2.75, 3.05) is 12.8 Å². The van der Waals surface area contributed by atoms with Crippen molar-refractivity contribution in [1.82, 2.24) is 14.9 Å². The molecule has 0 saturated carbocycles. The molecular formula is C26H27N5O4. The zero-order chi connectivity index (χ0) is 25.1. The molecule has 0 unspecified atom stereocenters. The quantitative estimate of drug-likeness (QED) is 0.376. The number of para-hydroxylation sites is 1. The van der Waals surface area contributed by atoms with Crippen molar-refractivity contribution in [3.8, 4) is 28.3 Å². The largest absolute Gasteiger partial charge is 0.496 e. The van der Waals surface area contributed by atoms with Crippen LogP contribution in [0.25, 0.3) is 22.5 Å². The van der Waals surface area contributed by atoms with E-state index in [1.807, 2.05) is 50.2 Å². The molecule has 0 atom stereocenters. The van der Waals surface area contributed by atoms with Gasteiger partial charge in [0.15, 0.2) is 0 Å². The molecular weight excluding hydrogens is 446 g/mol. The van der Waals surface area contributed by atoms with Crippen LogP contribution < -0.4 is 16.2 Å². The molecule has 4 rings (SSSR count). The van der Waals surface area contributed by atoms with Gasteiger partial charge in [-0.05, 0) is 31.5 Å². The summed E-state index contributed by atoms with van der Waals surface area (Å²) in [5.41, 5.74) is 15.2. The first kappa shape index (κ1) is 23.7. The molecule has 0 fully saturated rings. The number of carbonyl (C=O) groups excluding carboxylic acids is 2. The molecule has 0 spiro atoms. The summed E-state index contributed by atoms with van der Waals surface area (Å²) in [4.78, 5) is 24.7. The fourth-order valence-electron chi connectivity index (χ4n) is 3.93. The number of ketones is 1. The lowest BCUT2D eigenvalue weighted by Gasteiger charge is -2.06. The number of rotatable bonds is 9. The number of ether oxygens (including phenoxy) is 1. The first-order valence-corrected chi connectivity index (χ1v) is 11.2. The maximum atomic E-state index is 12.7. The summed E-state index contributed by atoms with van der Waals surface area (Å²) < 4.78 is 12.3. The van der Waals surface area contributed by atoms with Gasteiger partial charge in [-0.25, -0.2) is 4.68 Å². The van der Waals surface area contributed by atoms with E-state index in [0.29, 0.717) is 28.5 Å². The molecule has 2 heterocycles. The number of methoxy groups -OCH3 is 1. The molecule has 0 bridgehead atoms. The maximum absolute atomic E-state index is 12.7. The van der Waals surface area contributed by atoms with Crippen molar-refractivity contribution in [1.29, 1.82) is 0 Å². The summed E-state index contributed by atoms with van der Waals surface area (Å²) in [7, 11) is 1.59. The van der Waals surface area contributed by atoms with Crippen LogP contribution in [0.2, 0.25) is 0 Å². The normalized spacial score (nSPS) is 11.1. The lowest BCUT2D eigenvalue weighted by Crippen LogP contribution is -2.15. The minimum atomic E-state index is -0.636. The highest BCUT2D eigenvalue weighted by Crippen LogP contribution is 2.30. The Morgan fingerprint density at radius 1 is 1.09 bits per heavy atom. The molecule has 0 aliphatic rings. The number of aromatic nitrogens is 3. The van der Waals surface area contributed by atoms with Gasteiger partial charge in [0.2, 0.25) is 0 Å². The zero-order valence-corrected chi connectivity index (χ0v) is 19.8. The molecule has 0 aliphatic heterocycles. The summed E-state index contributed by atoms with van der Waals surface area (Å²) in [5.74, 6) is 0.739. The van der Waals surface area contributed by atoms with Crippen molar-refractivity contribution >= 4 is 17.5 Å². The van der Waals surface area contributed by atoms with Crippen molar-refractivity contribution in [2.45, 2.75) is 32.7 Å². The molecule has 180 valence electrons. The SMILES string of the molecule is COc1ccccc1-c1cc(CC(=O)Cc2ccc(-c3nn(C(C)C)c(N)c3C(N)=O)cc2)on1. The first-order valence-electron chi connectivity index (χ1n) is 11.2. The number of carbonyl (C=O) groups is 2. The van der Waals surface area contributed by atoms with Gasteiger partial charge in [0.25, 0.3) is 5.91 Å². The van der Waals surface area contributed by atoms with Crippen molar-refractivity contribution in [3.63, 3.8) is 0 Å². The van der Waals surface area contributed by atoms with Gasteiger partial charge < -0.3 is 20.7 Å². The van der Waals surface area contributed by atoms with E-state index in [-0.39, 0.29) is 36.0 Å². The van der Waals surface area contributed by atoms with Crippen LogP contribution in [-0.2, 0) is 17.6 Å². The van der Waals surface area contributed by atoms with Gasteiger partial charge in [-0.1, -0.05) is 41.6 Å². The minimum Gasteiger partial charge on any atom is -0.496 e. The Labute approximate surface area is 202 Å². The second-order valence-electron chi connectivity index (χ2n) is 8.48. The summed E-state index contributed by atoms with van der Waals surface area (Å²) in [6.07, 6.45) is 0.335. The predicted molar refractivity (Wildman–Crippen MR) is 132 cm³/mol. The number of benzene rings is 2. The summed E-state index contributed by atoms with van der Waals surface area (Å²) in [5, 5.41) is 8.56. The number of hydrogen-bond acceptors (Lipinski definition) is 7. The van der Waals surface area contributed by atoms with Crippen LogP contribution in [0.3, 0.4) is 0 Å². The standard InChI is InChI=1S/C26H27N5O4/c1-15(2)31-25(27)23(26(28)33)24(29-31)17-10-8-16(9-11-17)12-18(32)13-19-14-21(30-35-19)20-6-4-5-7-22(20)34-3/h4-11,14-15H,12-13,27H2,1-3H3,(H2,28,33). The highest BCUT2D eigenvalue weighted by molar-refractivity contribution is 6.03. The maximum Gasteiger partial charge on any atom is 0.254 e. The van der Waals surface area contributed by atoms with Gasteiger partial charge in [-0.2, -0.15) is 5.10 Å². The Morgan fingerprint density at radius 3 is 2.46 bits per heavy atom. The van der Waals surface area contributed by atoms with Gasteiger partial charge >= 0.3 is 0 Å². The molecule has 35 heavy (non-hydrogen) atoms. The average Bonchev–Trinajstić information content (AvgIpc) is 3.43. The predicted octanol–water partition coefficient (Wildman–Crippen LogP) is 3.83. The Morgan fingerprint density at radius 2 is 1.80 bits per heavy atom. The van der Waals surface area contributed by atoms with Crippen LogP contribution in [0.4, 0.5) is 5.82 Å². The third kappa shape index (κ3) is 4.93. The Balaban J connectivity index is 1.47. The van der Waals surface area contributed by atoms with Crippen LogP contribution in [0.15, 0.2) is 59.1 Å². The van der Waals surface area contributed by atoms with Crippen molar-refractivity contribution in [3.05, 3.63) is 71.5 Å². The molecule has 0 saturated heterocycles. The smallest absolute Gasteiger partial charge is 0.254 e. The third-order valence-corrected chi connectivity index (χ3v) is 5.62. The summed E-state index contributed by atoms with van der Waals surface area (Å²) in [6, 6.07) is 16.4. The number of hydrogen-bond donors (Lipinski definition) is 2. The number of amides is 1. The molecule has 4 aromatic rings. The number of primary amides is 1. The van der Waals surface area contributed by atoms with E-state index >= 15 is 0 Å². The van der Waals surface area contributed by atoms with Crippen LogP contribution in [-0.4, -0.2) is 33.7 Å². The molecule has 2 aromatic carbocycles. The van der Waals surface area contributed by atoms with Crippen LogP contribution in [0.1, 0.15) is 41.6 Å². The Bertz CT molecular complexity index is 1370. The van der Waals surface area contributed by atoms with E-state index in [0.717, 1.165) is 11.1 Å². The summed E-state index contributed by atoms with van der Waals surface area (Å²) >= 11 is 0. The molecule has 4 N–H and O–H groups in total. The van der Waals surface area contributed by atoms with Crippen molar-refractivity contribution in [2.24, 2.45) is 5.73 Å². The molecule has 1 amide bonds. The van der Waals surface area contributed by atoms with Crippen LogP contribution >= 0.6 is 0 Å². The molecule has 9 nitrogen and oxygen atoms in total. The van der Waals surface area contributed by atoms with E-state index in [1.165, 1.54) is 0 Å². The average molecular weight is 474 g/mol. The molecule has 2 aromatic heterocycles. The van der Waals surface area contributed by atoms with Crippen LogP contribution in [0, 0.1) is 0 Å². The van der Waals surface area contributed by atoms with E-state index in [4.69, 9.17) is 20.7 Å². The minimum absolute atomic E-state index is 0.0216. The monoisotopic (exact) mass is 473 g/mol. The number of nitrogens with zero attached hydrogens (tertiary/aromatic N) is 3. The van der Waals surface area contributed by atoms with Gasteiger partial charge in [0.1, 0.15) is 40.1 Å². The zero-order valence-electron chi connectivity index (χ0n) is 19.8. The van der Waals surface area contributed by atoms with Gasteiger partial charge in [-0.3, -0.25) is 9.59 Å². The first-order chi connectivity index (χ1) is 16.8. The fourth-order valence-corrected chi connectivity index (χ4v) is 3.93. The number of Topliss-reactive ketones (excluding diaryl/α,β-unsaturated/α-hetero) is 1. The van der Waals surface area contributed by atoms with Gasteiger partial charge in [0.05, 0.1) is 13.5 Å². The number of anilines is 1. The Hall–Kier alpha value is -4.40. The third-order valence-electron chi connectivity index (χ3n) is 5.62. The van der Waals surface area contributed by atoms with Gasteiger partial charge in [-0.15, -0.1) is 0 Å². The lowest BCUT2D eigenvalue weighted by molar-refractivity contribution is -0.118. The van der Waals surface area contributed by atoms with Gasteiger partial charge in [0, 0.05) is 29.7 Å². The topological polar surface area (TPSA) is 139 Å². The van der Waals surface area contributed by atoms with E-state index < -0.39 is 5.91 Å². The van der Waals surface area contributed by atoms with Crippen molar-refractivity contribution < 1.29 is 18.8 Å². The van der Waals surface area contributed by atoms with E-state index in [9.17, 15) is 9.59 Å².